The number of hydrogen-bond donors (Lipinski definition) is 2. The number of H-pyrrole nitrogens is 1. The third kappa shape index (κ3) is 2.57. The maximum atomic E-state index is 11.7. The van der Waals surface area contributed by atoms with Gasteiger partial charge in [0.15, 0.2) is 0 Å². The fraction of sp³-hybridized carbons (Fsp3) is 0.250. The smallest absolute Gasteiger partial charge is 0.307 e. The van der Waals surface area contributed by atoms with Crippen molar-refractivity contribution in [2.75, 3.05) is 6.61 Å². The number of carboxylic acids is 1. The molecule has 0 spiro atoms. The summed E-state index contributed by atoms with van der Waals surface area (Å²) in [6.07, 6.45) is 0.535. The summed E-state index contributed by atoms with van der Waals surface area (Å²) in [6.45, 7) is 2.44. The van der Waals surface area contributed by atoms with Crippen LogP contribution in [-0.2, 0) is 21.6 Å². The molecule has 4 rings (SSSR count). The molecule has 1 aromatic heterocycles. The van der Waals surface area contributed by atoms with Gasteiger partial charge in [0.25, 0.3) is 0 Å². The van der Waals surface area contributed by atoms with Gasteiger partial charge in [-0.2, -0.15) is 0 Å². The quantitative estimate of drug-likeness (QED) is 0.597. The monoisotopic (exact) mass is 433 g/mol. The van der Waals surface area contributed by atoms with Crippen LogP contribution in [0, 0.1) is 6.92 Å². The van der Waals surface area contributed by atoms with Gasteiger partial charge in [-0.05, 0) is 52.0 Å². The molecule has 1 atom stereocenters. The summed E-state index contributed by atoms with van der Waals surface area (Å²) >= 11 is 10.2. The van der Waals surface area contributed by atoms with E-state index in [1.54, 1.807) is 0 Å². The molecule has 0 saturated heterocycles. The molecule has 2 heterocycles. The van der Waals surface area contributed by atoms with Crippen LogP contribution >= 0.6 is 27.5 Å². The number of aliphatic carboxylic acids is 1. The van der Waals surface area contributed by atoms with Crippen LogP contribution in [0.25, 0.3) is 10.9 Å². The molecule has 0 amide bonds. The molecule has 6 heteroatoms. The number of aryl methyl sites for hydroxylation is 1. The van der Waals surface area contributed by atoms with Crippen LogP contribution < -0.4 is 0 Å². The lowest BCUT2D eigenvalue weighted by atomic mass is 9.82. The molecule has 3 aromatic rings. The molecule has 2 N–H and O–H groups in total. The maximum Gasteiger partial charge on any atom is 0.307 e. The van der Waals surface area contributed by atoms with Crippen LogP contribution in [0.15, 0.2) is 40.9 Å². The highest BCUT2D eigenvalue weighted by Crippen LogP contribution is 2.47. The summed E-state index contributed by atoms with van der Waals surface area (Å²) in [5.74, 6) is -0.915. The highest BCUT2D eigenvalue weighted by atomic mass is 79.9. The molecule has 1 aliphatic heterocycles. The summed E-state index contributed by atoms with van der Waals surface area (Å²) in [6, 6.07) is 11.4. The Morgan fingerprint density at radius 2 is 2.12 bits per heavy atom. The zero-order chi connectivity index (χ0) is 18.5. The van der Waals surface area contributed by atoms with E-state index in [1.165, 1.54) is 0 Å². The Morgan fingerprint density at radius 3 is 2.81 bits per heavy atom. The summed E-state index contributed by atoms with van der Waals surface area (Å²) in [7, 11) is 0. The van der Waals surface area contributed by atoms with E-state index in [-0.39, 0.29) is 6.42 Å². The largest absolute Gasteiger partial charge is 0.481 e. The van der Waals surface area contributed by atoms with Gasteiger partial charge < -0.3 is 14.8 Å². The summed E-state index contributed by atoms with van der Waals surface area (Å²) in [5.41, 5.74) is 3.45. The number of nitrogens with one attached hydrogen (secondary N) is 1. The molecule has 0 saturated carbocycles. The Bertz CT molecular complexity index is 1020. The van der Waals surface area contributed by atoms with E-state index in [2.05, 4.69) is 20.9 Å². The van der Waals surface area contributed by atoms with Gasteiger partial charge >= 0.3 is 5.97 Å². The van der Waals surface area contributed by atoms with Crippen molar-refractivity contribution in [3.05, 3.63) is 68.3 Å². The van der Waals surface area contributed by atoms with Crippen molar-refractivity contribution in [2.45, 2.75) is 25.4 Å². The standard InChI is InChI=1S/C20H17BrClNO3/c1-11-9-14(22)18-16(17(11)21)13-7-8-26-20(10-15(24)25,19(13)23-18)12-5-3-2-4-6-12/h2-6,9,23H,7-8,10H2,1H3,(H,24,25). The van der Waals surface area contributed by atoms with Crippen LogP contribution in [0.3, 0.4) is 0 Å². The summed E-state index contributed by atoms with van der Waals surface area (Å²) in [4.78, 5) is 15.1. The first-order valence-electron chi connectivity index (χ1n) is 8.35. The Balaban J connectivity index is 2.07. The van der Waals surface area contributed by atoms with E-state index in [9.17, 15) is 9.90 Å². The third-order valence-corrected chi connectivity index (χ3v) is 6.32. The van der Waals surface area contributed by atoms with E-state index in [1.807, 2.05) is 43.3 Å². The van der Waals surface area contributed by atoms with Crippen LogP contribution in [0.2, 0.25) is 5.02 Å². The molecule has 2 aromatic carbocycles. The van der Waals surface area contributed by atoms with Crippen molar-refractivity contribution in [1.82, 2.24) is 4.98 Å². The van der Waals surface area contributed by atoms with Crippen molar-refractivity contribution < 1.29 is 14.6 Å². The Labute approximate surface area is 164 Å². The molecule has 0 radical (unpaired) electrons. The van der Waals surface area contributed by atoms with Gasteiger partial charge in [0.2, 0.25) is 0 Å². The van der Waals surface area contributed by atoms with Gasteiger partial charge in [-0.1, -0.05) is 41.9 Å². The first-order chi connectivity index (χ1) is 12.4. The second kappa shape index (κ2) is 6.41. The van der Waals surface area contributed by atoms with Crippen molar-refractivity contribution in [3.63, 3.8) is 0 Å². The van der Waals surface area contributed by atoms with Crippen LogP contribution in [0.4, 0.5) is 0 Å². The van der Waals surface area contributed by atoms with Gasteiger partial charge in [-0.3, -0.25) is 4.79 Å². The van der Waals surface area contributed by atoms with Crippen molar-refractivity contribution in [1.29, 1.82) is 0 Å². The van der Waals surface area contributed by atoms with Crippen LogP contribution in [0.1, 0.15) is 28.8 Å². The lowest BCUT2D eigenvalue weighted by Crippen LogP contribution is -2.39. The van der Waals surface area contributed by atoms with Crippen LogP contribution in [0.5, 0.6) is 0 Å². The molecule has 4 nitrogen and oxygen atoms in total. The fourth-order valence-corrected chi connectivity index (χ4v) is 4.72. The number of benzene rings is 2. The normalized spacial score (nSPS) is 19.5. The SMILES string of the molecule is Cc1cc(Cl)c2[nH]c3c(c2c1Br)CCOC3(CC(=O)O)c1ccccc1. The molecular formula is C20H17BrClNO3. The number of carbonyl (C=O) groups is 1. The maximum absolute atomic E-state index is 11.7. The summed E-state index contributed by atoms with van der Waals surface area (Å²) < 4.78 is 7.14. The minimum atomic E-state index is -1.06. The highest BCUT2D eigenvalue weighted by molar-refractivity contribution is 9.10. The molecule has 0 bridgehead atoms. The molecule has 1 aliphatic rings. The molecule has 26 heavy (non-hydrogen) atoms. The van der Waals surface area contributed by atoms with E-state index in [0.29, 0.717) is 18.1 Å². The zero-order valence-electron chi connectivity index (χ0n) is 14.1. The van der Waals surface area contributed by atoms with Gasteiger partial charge in [-0.15, -0.1) is 0 Å². The first kappa shape index (κ1) is 17.6. The van der Waals surface area contributed by atoms with E-state index in [0.717, 1.165) is 37.8 Å². The van der Waals surface area contributed by atoms with Gasteiger partial charge in [-0.25, -0.2) is 0 Å². The van der Waals surface area contributed by atoms with Gasteiger partial charge in [0.1, 0.15) is 5.60 Å². The first-order valence-corrected chi connectivity index (χ1v) is 9.52. The topological polar surface area (TPSA) is 62.3 Å². The lowest BCUT2D eigenvalue weighted by Gasteiger charge is -2.37. The predicted octanol–water partition coefficient (Wildman–Crippen LogP) is 5.18. The molecule has 1 unspecified atom stereocenters. The molecule has 0 fully saturated rings. The predicted molar refractivity (Wildman–Crippen MR) is 105 cm³/mol. The van der Waals surface area contributed by atoms with E-state index < -0.39 is 11.6 Å². The van der Waals surface area contributed by atoms with E-state index >= 15 is 0 Å². The summed E-state index contributed by atoms with van der Waals surface area (Å²) in [5, 5.41) is 11.2. The number of ether oxygens (including phenoxy) is 1. The fourth-order valence-electron chi connectivity index (χ4n) is 3.87. The number of fused-ring (bicyclic) bond motifs is 3. The average molecular weight is 435 g/mol. The second-order valence-electron chi connectivity index (χ2n) is 6.58. The third-order valence-electron chi connectivity index (χ3n) is 5.00. The minimum Gasteiger partial charge on any atom is -0.481 e. The zero-order valence-corrected chi connectivity index (χ0v) is 16.4. The van der Waals surface area contributed by atoms with Crippen LogP contribution in [-0.4, -0.2) is 22.7 Å². The Hall–Kier alpha value is -1.82. The van der Waals surface area contributed by atoms with Crippen molar-refractivity contribution in [2.24, 2.45) is 0 Å². The average Bonchev–Trinajstić information content (AvgIpc) is 3.02. The molecule has 0 aliphatic carbocycles. The van der Waals surface area contributed by atoms with Crippen molar-refractivity contribution >= 4 is 44.4 Å². The lowest BCUT2D eigenvalue weighted by molar-refractivity contribution is -0.144. The number of hydrogen-bond acceptors (Lipinski definition) is 2. The van der Waals surface area contributed by atoms with E-state index in [4.69, 9.17) is 16.3 Å². The highest BCUT2D eigenvalue weighted by Gasteiger charge is 2.44. The number of aromatic nitrogens is 1. The number of halogens is 2. The molecular weight excluding hydrogens is 418 g/mol. The number of aromatic amines is 1. The van der Waals surface area contributed by atoms with Crippen molar-refractivity contribution in [3.8, 4) is 0 Å². The Morgan fingerprint density at radius 1 is 1.38 bits per heavy atom. The minimum absolute atomic E-state index is 0.162. The number of carboxylic acid groups (broad SMARTS) is 1. The second-order valence-corrected chi connectivity index (χ2v) is 7.78. The molecule has 134 valence electrons. The van der Waals surface area contributed by atoms with Gasteiger partial charge in [0.05, 0.1) is 29.3 Å². The Kier molecular flexibility index (Phi) is 4.34. The van der Waals surface area contributed by atoms with Gasteiger partial charge in [0, 0.05) is 9.86 Å². The number of rotatable bonds is 3.